The first kappa shape index (κ1) is 24.5. The van der Waals surface area contributed by atoms with Crippen LogP contribution < -0.4 is 0 Å². The predicted octanol–water partition coefficient (Wildman–Crippen LogP) is 4.70. The number of rotatable bonds is 1. The first-order chi connectivity index (χ1) is 17.6. The number of aliphatic hydroxyl groups is 1. The molecule has 1 aromatic rings. The van der Waals surface area contributed by atoms with Gasteiger partial charge in [-0.05, 0) is 69.4 Å². The van der Waals surface area contributed by atoms with E-state index in [4.69, 9.17) is 18.9 Å². The van der Waals surface area contributed by atoms with Gasteiger partial charge in [0.25, 0.3) is 0 Å². The van der Waals surface area contributed by atoms with E-state index in [2.05, 4.69) is 25.0 Å². The number of nitrogens with zero attached hydrogens (tertiary/aromatic N) is 2. The SMILES string of the molecule is C/C=C(\C)n1ncc2c1C=C1CC[C@H]3[C@@H]4C[C@H](C)[C@@]5(OCOC56COCO6)[C@@]4(C)C[C@H](O)[C@]3(F)[C@@]1(C)C2. The summed E-state index contributed by atoms with van der Waals surface area (Å²) in [4.78, 5) is 0. The molecular weight excluding hydrogens is 475 g/mol. The van der Waals surface area contributed by atoms with Gasteiger partial charge >= 0.3 is 0 Å². The summed E-state index contributed by atoms with van der Waals surface area (Å²) in [7, 11) is 0. The number of aromatic nitrogens is 2. The van der Waals surface area contributed by atoms with Crippen molar-refractivity contribution in [3.8, 4) is 0 Å². The van der Waals surface area contributed by atoms with E-state index in [1.54, 1.807) is 0 Å². The van der Waals surface area contributed by atoms with Crippen molar-refractivity contribution < 1.29 is 28.4 Å². The maximum absolute atomic E-state index is 18.0. The molecular formula is C29H39FN2O5. The number of hydrogen-bond acceptors (Lipinski definition) is 6. The summed E-state index contributed by atoms with van der Waals surface area (Å²) in [6.45, 7) is 11.0. The fraction of sp³-hybridized carbons (Fsp3) is 0.759. The molecule has 2 spiro atoms. The van der Waals surface area contributed by atoms with Gasteiger partial charge in [-0.1, -0.05) is 32.4 Å². The summed E-state index contributed by atoms with van der Waals surface area (Å²) in [5.41, 5.74) is 0.398. The van der Waals surface area contributed by atoms with Gasteiger partial charge in [-0.2, -0.15) is 5.10 Å². The quantitative estimate of drug-likeness (QED) is 0.586. The highest BCUT2D eigenvalue weighted by atomic mass is 19.1. The van der Waals surface area contributed by atoms with Crippen molar-refractivity contribution in [1.29, 1.82) is 0 Å². The summed E-state index contributed by atoms with van der Waals surface area (Å²) in [6, 6.07) is 0. The Balaban J connectivity index is 1.32. The lowest BCUT2D eigenvalue weighted by molar-refractivity contribution is -0.279. The summed E-state index contributed by atoms with van der Waals surface area (Å²) in [5, 5.41) is 16.5. The van der Waals surface area contributed by atoms with Gasteiger partial charge in [0, 0.05) is 22.4 Å². The molecule has 202 valence electrons. The monoisotopic (exact) mass is 514 g/mol. The highest BCUT2D eigenvalue weighted by Gasteiger charge is 2.81. The van der Waals surface area contributed by atoms with Crippen molar-refractivity contribution in [1.82, 2.24) is 9.78 Å². The maximum Gasteiger partial charge on any atom is 0.227 e. The zero-order valence-electron chi connectivity index (χ0n) is 22.6. The summed E-state index contributed by atoms with van der Waals surface area (Å²) < 4.78 is 44.4. The molecule has 2 saturated heterocycles. The molecule has 1 unspecified atom stereocenters. The van der Waals surface area contributed by atoms with Crippen molar-refractivity contribution in [2.45, 2.75) is 89.9 Å². The lowest BCUT2D eigenvalue weighted by Crippen LogP contribution is -2.72. The second-order valence-corrected chi connectivity index (χ2v) is 12.9. The minimum Gasteiger partial charge on any atom is -0.390 e. The third-order valence-corrected chi connectivity index (χ3v) is 11.7. The van der Waals surface area contributed by atoms with Crippen molar-refractivity contribution in [2.24, 2.45) is 28.6 Å². The third kappa shape index (κ3) is 2.58. The first-order valence-electron chi connectivity index (χ1n) is 13.9. The number of aliphatic hydroxyl groups excluding tert-OH is 1. The van der Waals surface area contributed by atoms with Crippen LogP contribution in [0.15, 0.2) is 17.8 Å². The molecule has 9 atom stereocenters. The first-order valence-corrected chi connectivity index (χ1v) is 13.9. The van der Waals surface area contributed by atoms with Gasteiger partial charge in [-0.25, -0.2) is 9.07 Å². The normalized spacial score (nSPS) is 50.7. The van der Waals surface area contributed by atoms with Crippen molar-refractivity contribution >= 4 is 11.8 Å². The second-order valence-electron chi connectivity index (χ2n) is 12.9. The van der Waals surface area contributed by atoms with E-state index >= 15 is 4.39 Å². The topological polar surface area (TPSA) is 75.0 Å². The van der Waals surface area contributed by atoms with Crippen LogP contribution in [0.25, 0.3) is 11.8 Å². The van der Waals surface area contributed by atoms with Crippen LogP contribution in [0, 0.1) is 28.6 Å². The summed E-state index contributed by atoms with van der Waals surface area (Å²) in [6.07, 6.45) is 8.11. The minimum atomic E-state index is -1.75. The maximum atomic E-state index is 18.0. The Morgan fingerprint density at radius 3 is 2.73 bits per heavy atom. The molecule has 6 aliphatic rings. The highest BCUT2D eigenvalue weighted by molar-refractivity contribution is 5.64. The molecule has 3 saturated carbocycles. The fourth-order valence-corrected chi connectivity index (χ4v) is 9.98. The molecule has 0 radical (unpaired) electrons. The van der Waals surface area contributed by atoms with E-state index in [0.717, 1.165) is 35.4 Å². The van der Waals surface area contributed by atoms with Gasteiger partial charge < -0.3 is 24.1 Å². The van der Waals surface area contributed by atoms with E-state index in [9.17, 15) is 5.11 Å². The van der Waals surface area contributed by atoms with E-state index in [1.807, 2.05) is 37.7 Å². The average Bonchev–Trinajstić information content (AvgIpc) is 3.63. The van der Waals surface area contributed by atoms with Crippen LogP contribution in [0.2, 0.25) is 0 Å². The largest absolute Gasteiger partial charge is 0.390 e. The minimum absolute atomic E-state index is 0.0337. The van der Waals surface area contributed by atoms with Crippen LogP contribution >= 0.6 is 0 Å². The van der Waals surface area contributed by atoms with Gasteiger partial charge in [0.2, 0.25) is 5.79 Å². The van der Waals surface area contributed by atoms with Crippen LogP contribution in [0.5, 0.6) is 0 Å². The number of ether oxygens (including phenoxy) is 4. The summed E-state index contributed by atoms with van der Waals surface area (Å²) >= 11 is 0. The van der Waals surface area contributed by atoms with Crippen LogP contribution in [0.4, 0.5) is 4.39 Å². The molecule has 1 aromatic heterocycles. The van der Waals surface area contributed by atoms with Gasteiger partial charge in [-0.15, -0.1) is 0 Å². The molecule has 7 nitrogen and oxygen atoms in total. The second kappa shape index (κ2) is 7.54. The Bertz CT molecular complexity index is 1200. The molecule has 4 aliphatic carbocycles. The Labute approximate surface area is 218 Å². The number of hydrogen-bond donors (Lipinski definition) is 1. The summed E-state index contributed by atoms with van der Waals surface area (Å²) in [5.74, 6) is -1.19. The number of halogens is 1. The Morgan fingerprint density at radius 2 is 2.00 bits per heavy atom. The van der Waals surface area contributed by atoms with Crippen LogP contribution in [-0.2, 0) is 25.4 Å². The van der Waals surface area contributed by atoms with Crippen molar-refractivity contribution in [3.05, 3.63) is 29.1 Å². The van der Waals surface area contributed by atoms with E-state index in [-0.39, 0.29) is 31.3 Å². The Kier molecular flexibility index (Phi) is 4.98. The van der Waals surface area contributed by atoms with Gasteiger partial charge in [0.05, 0.1) is 18.0 Å². The molecule has 8 heteroatoms. The Morgan fingerprint density at radius 1 is 1.22 bits per heavy atom. The molecule has 2 aliphatic heterocycles. The number of allylic oxidation sites excluding steroid dienone is 3. The van der Waals surface area contributed by atoms with Gasteiger partial charge in [-0.3, -0.25) is 0 Å². The molecule has 1 N–H and O–H groups in total. The van der Waals surface area contributed by atoms with E-state index in [0.29, 0.717) is 25.9 Å². The lowest BCUT2D eigenvalue weighted by Gasteiger charge is -2.64. The third-order valence-electron chi connectivity index (χ3n) is 11.7. The van der Waals surface area contributed by atoms with E-state index in [1.165, 1.54) is 0 Å². The van der Waals surface area contributed by atoms with Crippen LogP contribution in [-0.4, -0.2) is 58.2 Å². The fourth-order valence-electron chi connectivity index (χ4n) is 9.98. The molecule has 5 fully saturated rings. The zero-order valence-corrected chi connectivity index (χ0v) is 22.6. The Hall–Kier alpha value is -1.58. The molecule has 7 rings (SSSR count). The number of alkyl halides is 1. The lowest BCUT2D eigenvalue weighted by atomic mass is 9.43. The smallest absolute Gasteiger partial charge is 0.227 e. The standard InChI is InChI=1S/C29H39FN2O5/c1-6-18(3)32-23-10-20-7-8-21-22-9-17(2)29(27(36-16-37-29)14-34-15-35-27)26(22,5)12-24(33)28(21,30)25(20,4)11-19(23)13-31-32/h6,10,13,17,21-22,24,33H,7-9,11-12,14-16H2,1-5H3/b18-6+/t17-,21-,22-,24-,25-,26-,27?,28-,29+/m0/s1. The van der Waals surface area contributed by atoms with Crippen molar-refractivity contribution in [3.63, 3.8) is 0 Å². The highest BCUT2D eigenvalue weighted by Crippen LogP contribution is 2.74. The molecule has 0 bridgehead atoms. The van der Waals surface area contributed by atoms with Crippen molar-refractivity contribution in [2.75, 3.05) is 20.2 Å². The molecule has 3 heterocycles. The average molecular weight is 515 g/mol. The molecule has 0 amide bonds. The van der Waals surface area contributed by atoms with Gasteiger partial charge in [0.1, 0.15) is 17.9 Å². The number of fused-ring (bicyclic) bond motifs is 8. The van der Waals surface area contributed by atoms with Gasteiger partial charge in [0.15, 0.2) is 13.6 Å². The van der Waals surface area contributed by atoms with Crippen LogP contribution in [0.1, 0.15) is 71.6 Å². The predicted molar refractivity (Wildman–Crippen MR) is 135 cm³/mol. The van der Waals surface area contributed by atoms with Crippen LogP contribution in [0.3, 0.4) is 0 Å². The zero-order chi connectivity index (χ0) is 26.0. The van der Waals surface area contributed by atoms with E-state index < -0.39 is 34.0 Å². The molecule has 37 heavy (non-hydrogen) atoms. The molecule has 0 aromatic carbocycles.